The van der Waals surface area contributed by atoms with E-state index in [-0.39, 0.29) is 0 Å². The summed E-state index contributed by atoms with van der Waals surface area (Å²) < 4.78 is 0. The summed E-state index contributed by atoms with van der Waals surface area (Å²) in [5.41, 5.74) is 2.89. The van der Waals surface area contributed by atoms with Gasteiger partial charge in [-0.15, -0.1) is 0 Å². The molecular formula is C21H20N4O2. The van der Waals surface area contributed by atoms with Gasteiger partial charge in [-0.3, -0.25) is 14.6 Å². The second-order valence-corrected chi connectivity index (χ2v) is 6.53. The Balaban J connectivity index is 1.42. The van der Waals surface area contributed by atoms with Crippen LogP contribution in [-0.2, 0) is 9.59 Å². The average Bonchev–Trinajstić information content (AvgIpc) is 3.23. The van der Waals surface area contributed by atoms with Gasteiger partial charge in [-0.25, -0.2) is 0 Å². The quantitative estimate of drug-likeness (QED) is 0.702. The number of hydrogen-bond acceptors (Lipinski definition) is 4. The molecule has 2 N–H and O–H groups in total. The number of amides is 2. The molecule has 0 atom stereocenters. The van der Waals surface area contributed by atoms with E-state index in [1.807, 2.05) is 48.5 Å². The summed E-state index contributed by atoms with van der Waals surface area (Å²) in [5, 5.41) is 6.17. The van der Waals surface area contributed by atoms with Crippen LogP contribution in [0.2, 0.25) is 0 Å². The van der Waals surface area contributed by atoms with E-state index >= 15 is 0 Å². The lowest BCUT2D eigenvalue weighted by molar-refractivity contribution is -0.132. The molecular weight excluding hydrogens is 340 g/mol. The molecule has 0 spiro atoms. The highest BCUT2D eigenvalue weighted by Gasteiger charge is 2.16. The van der Waals surface area contributed by atoms with Crippen LogP contribution in [0.3, 0.4) is 0 Å². The van der Waals surface area contributed by atoms with Gasteiger partial charge in [0.15, 0.2) is 0 Å². The molecule has 0 aliphatic carbocycles. The average molecular weight is 360 g/mol. The summed E-state index contributed by atoms with van der Waals surface area (Å²) in [6, 6.07) is 16.7. The molecule has 27 heavy (non-hydrogen) atoms. The van der Waals surface area contributed by atoms with E-state index in [2.05, 4.69) is 20.5 Å². The largest absolute Gasteiger partial charge is 0.372 e. The zero-order valence-electron chi connectivity index (χ0n) is 14.8. The van der Waals surface area contributed by atoms with Crippen molar-refractivity contribution in [1.82, 2.24) is 4.98 Å². The molecule has 0 bridgehead atoms. The van der Waals surface area contributed by atoms with Crippen LogP contribution in [0.1, 0.15) is 12.8 Å². The Labute approximate surface area is 157 Å². The van der Waals surface area contributed by atoms with Gasteiger partial charge in [0.25, 0.3) is 0 Å². The number of nitrogens with one attached hydrogen (secondary N) is 2. The van der Waals surface area contributed by atoms with Crippen LogP contribution >= 0.6 is 0 Å². The van der Waals surface area contributed by atoms with Crippen molar-refractivity contribution in [3.8, 4) is 0 Å². The van der Waals surface area contributed by atoms with Gasteiger partial charge in [0, 0.05) is 36.0 Å². The first-order valence-electron chi connectivity index (χ1n) is 9.02. The van der Waals surface area contributed by atoms with E-state index in [4.69, 9.17) is 0 Å². The topological polar surface area (TPSA) is 74.3 Å². The number of carbonyl (C=O) groups is 2. The van der Waals surface area contributed by atoms with Gasteiger partial charge in [-0.2, -0.15) is 0 Å². The zero-order chi connectivity index (χ0) is 18.6. The van der Waals surface area contributed by atoms with Crippen LogP contribution in [0, 0.1) is 0 Å². The molecule has 136 valence electrons. The molecule has 3 aromatic rings. The van der Waals surface area contributed by atoms with Gasteiger partial charge in [-0.05, 0) is 49.2 Å². The van der Waals surface area contributed by atoms with Gasteiger partial charge in [0.1, 0.15) is 0 Å². The third-order valence-electron chi connectivity index (χ3n) is 4.68. The molecule has 2 aromatic carbocycles. The summed E-state index contributed by atoms with van der Waals surface area (Å²) in [5.74, 6) is -1.44. The number of fused-ring (bicyclic) bond motifs is 1. The van der Waals surface area contributed by atoms with E-state index in [1.165, 1.54) is 12.8 Å². The molecule has 1 saturated heterocycles. The van der Waals surface area contributed by atoms with Crippen molar-refractivity contribution in [3.05, 3.63) is 60.8 Å². The minimum absolute atomic E-state index is 0.512. The van der Waals surface area contributed by atoms with Gasteiger partial charge in [0.2, 0.25) is 0 Å². The number of benzene rings is 2. The Kier molecular flexibility index (Phi) is 4.70. The smallest absolute Gasteiger partial charge is 0.314 e. The zero-order valence-corrected chi connectivity index (χ0v) is 14.8. The molecule has 0 unspecified atom stereocenters. The third kappa shape index (κ3) is 3.74. The molecule has 1 aliphatic rings. The van der Waals surface area contributed by atoms with Crippen LogP contribution in [0.4, 0.5) is 17.1 Å². The molecule has 1 aliphatic heterocycles. The van der Waals surface area contributed by atoms with Gasteiger partial charge >= 0.3 is 11.8 Å². The highest BCUT2D eigenvalue weighted by molar-refractivity contribution is 6.44. The fourth-order valence-electron chi connectivity index (χ4n) is 3.30. The summed E-state index contributed by atoms with van der Waals surface area (Å²) in [6.07, 6.45) is 4.07. The number of aromatic nitrogens is 1. The van der Waals surface area contributed by atoms with E-state index in [9.17, 15) is 9.59 Å². The molecule has 6 heteroatoms. The Morgan fingerprint density at radius 3 is 2.33 bits per heavy atom. The van der Waals surface area contributed by atoms with Gasteiger partial charge < -0.3 is 15.5 Å². The fourth-order valence-corrected chi connectivity index (χ4v) is 3.30. The lowest BCUT2D eigenvalue weighted by atomic mass is 10.2. The van der Waals surface area contributed by atoms with E-state index in [0.29, 0.717) is 16.9 Å². The minimum atomic E-state index is -0.725. The number of rotatable bonds is 3. The molecule has 2 amide bonds. The summed E-state index contributed by atoms with van der Waals surface area (Å²) in [4.78, 5) is 31.1. The number of anilines is 3. The first-order chi connectivity index (χ1) is 13.2. The third-order valence-corrected chi connectivity index (χ3v) is 4.68. The van der Waals surface area contributed by atoms with Crippen LogP contribution in [0.5, 0.6) is 0 Å². The highest BCUT2D eigenvalue weighted by Crippen LogP contribution is 2.23. The predicted molar refractivity (Wildman–Crippen MR) is 107 cm³/mol. The normalized spacial score (nSPS) is 13.6. The Bertz CT molecular complexity index is 974. The molecule has 4 rings (SSSR count). The van der Waals surface area contributed by atoms with Crippen LogP contribution in [0.15, 0.2) is 60.8 Å². The molecule has 0 radical (unpaired) electrons. The number of para-hydroxylation sites is 1. The molecule has 6 nitrogen and oxygen atoms in total. The molecule has 2 heterocycles. The van der Waals surface area contributed by atoms with Crippen molar-refractivity contribution >= 4 is 39.8 Å². The first kappa shape index (κ1) is 17.0. The van der Waals surface area contributed by atoms with E-state index in [0.717, 1.165) is 24.2 Å². The maximum Gasteiger partial charge on any atom is 0.314 e. The molecule has 0 saturated carbocycles. The van der Waals surface area contributed by atoms with Crippen LogP contribution < -0.4 is 15.5 Å². The SMILES string of the molecule is O=C(Nc1ccc(N2CCCC2)cc1)C(=O)Nc1cccc2cccnc12. The molecule has 1 aromatic heterocycles. The number of carbonyl (C=O) groups excluding carboxylic acids is 2. The highest BCUT2D eigenvalue weighted by atomic mass is 16.2. The van der Waals surface area contributed by atoms with Crippen molar-refractivity contribution in [2.45, 2.75) is 12.8 Å². The lowest BCUT2D eigenvalue weighted by Crippen LogP contribution is -2.29. The predicted octanol–water partition coefficient (Wildman–Crippen LogP) is 3.41. The maximum atomic E-state index is 12.3. The fraction of sp³-hybridized carbons (Fsp3) is 0.190. The summed E-state index contributed by atoms with van der Waals surface area (Å²) in [7, 11) is 0. The second-order valence-electron chi connectivity index (χ2n) is 6.53. The van der Waals surface area contributed by atoms with Gasteiger partial charge in [0.05, 0.1) is 11.2 Å². The maximum absolute atomic E-state index is 12.3. The van der Waals surface area contributed by atoms with Crippen LogP contribution in [-0.4, -0.2) is 29.9 Å². The van der Waals surface area contributed by atoms with Gasteiger partial charge in [-0.1, -0.05) is 18.2 Å². The van der Waals surface area contributed by atoms with Crippen molar-refractivity contribution in [2.75, 3.05) is 28.6 Å². The minimum Gasteiger partial charge on any atom is -0.372 e. The first-order valence-corrected chi connectivity index (χ1v) is 9.02. The van der Waals surface area contributed by atoms with Crippen molar-refractivity contribution in [2.24, 2.45) is 0 Å². The lowest BCUT2D eigenvalue weighted by Gasteiger charge is -2.17. The Morgan fingerprint density at radius 1 is 0.852 bits per heavy atom. The number of nitrogens with zero attached hydrogens (tertiary/aromatic N) is 2. The van der Waals surface area contributed by atoms with Crippen molar-refractivity contribution in [1.29, 1.82) is 0 Å². The second kappa shape index (κ2) is 7.45. The van der Waals surface area contributed by atoms with E-state index < -0.39 is 11.8 Å². The number of pyridine rings is 1. The van der Waals surface area contributed by atoms with Crippen molar-refractivity contribution in [3.63, 3.8) is 0 Å². The monoisotopic (exact) mass is 360 g/mol. The number of hydrogen-bond donors (Lipinski definition) is 2. The van der Waals surface area contributed by atoms with E-state index in [1.54, 1.807) is 12.3 Å². The standard InChI is InChI=1S/C21H20N4O2/c26-20(23-16-8-10-17(11-9-16)25-13-1-2-14-25)21(27)24-18-7-3-5-15-6-4-12-22-19(15)18/h3-12H,1-2,13-14H2,(H,23,26)(H,24,27). The van der Waals surface area contributed by atoms with Crippen LogP contribution in [0.25, 0.3) is 10.9 Å². The Hall–Kier alpha value is -3.41. The summed E-state index contributed by atoms with van der Waals surface area (Å²) >= 11 is 0. The Morgan fingerprint density at radius 2 is 1.56 bits per heavy atom. The van der Waals surface area contributed by atoms with Crippen molar-refractivity contribution < 1.29 is 9.59 Å². The molecule has 1 fully saturated rings. The summed E-state index contributed by atoms with van der Waals surface area (Å²) in [6.45, 7) is 2.13.